The number of ether oxygens (including phenoxy) is 1. The van der Waals surface area contributed by atoms with Gasteiger partial charge in [-0.2, -0.15) is 5.10 Å². The van der Waals surface area contributed by atoms with Crippen molar-refractivity contribution >= 4 is 11.9 Å². The van der Waals surface area contributed by atoms with Crippen LogP contribution in [0.15, 0.2) is 18.3 Å². The number of amides is 1. The van der Waals surface area contributed by atoms with E-state index in [-0.39, 0.29) is 23.6 Å². The molecule has 1 aliphatic rings. The van der Waals surface area contributed by atoms with Gasteiger partial charge in [0.15, 0.2) is 11.6 Å². The van der Waals surface area contributed by atoms with E-state index in [1.54, 1.807) is 6.07 Å². The summed E-state index contributed by atoms with van der Waals surface area (Å²) < 4.78 is 20.1. The number of rotatable bonds is 3. The summed E-state index contributed by atoms with van der Waals surface area (Å²) in [6, 6.07) is 2.99. The minimum absolute atomic E-state index is 0.0138. The van der Waals surface area contributed by atoms with Gasteiger partial charge in [0, 0.05) is 20.1 Å². The van der Waals surface area contributed by atoms with Gasteiger partial charge in [-0.15, -0.1) is 0 Å². The molecule has 24 heavy (non-hydrogen) atoms. The van der Waals surface area contributed by atoms with E-state index in [9.17, 15) is 19.1 Å². The van der Waals surface area contributed by atoms with Gasteiger partial charge in [0.1, 0.15) is 11.3 Å². The fraction of sp³-hybridized carbons (Fsp3) is 0.312. The highest BCUT2D eigenvalue weighted by molar-refractivity contribution is 6.03. The van der Waals surface area contributed by atoms with Gasteiger partial charge in [-0.1, -0.05) is 0 Å². The third kappa shape index (κ3) is 2.60. The number of carboxylic acid groups (broad SMARTS) is 1. The maximum absolute atomic E-state index is 13.9. The summed E-state index contributed by atoms with van der Waals surface area (Å²) in [4.78, 5) is 25.5. The predicted octanol–water partition coefficient (Wildman–Crippen LogP) is 1.46. The molecule has 2 aromatic rings. The molecule has 1 N–H and O–H groups in total. The van der Waals surface area contributed by atoms with Gasteiger partial charge in [0.05, 0.1) is 13.3 Å². The molecule has 0 unspecified atom stereocenters. The number of hydrogen-bond acceptors (Lipinski definition) is 4. The van der Waals surface area contributed by atoms with Gasteiger partial charge in [-0.25, -0.2) is 9.18 Å². The first-order valence-electron chi connectivity index (χ1n) is 7.32. The van der Waals surface area contributed by atoms with E-state index in [4.69, 9.17) is 4.74 Å². The fourth-order valence-electron chi connectivity index (χ4n) is 2.88. The number of hydrogen-bond donors (Lipinski definition) is 1. The molecule has 3 rings (SSSR count). The van der Waals surface area contributed by atoms with E-state index in [2.05, 4.69) is 5.10 Å². The Balaban J connectivity index is 1.91. The largest absolute Gasteiger partial charge is 0.494 e. The number of aromatic carboxylic acids is 1. The standard InChI is InChI=1S/C16H16FN3O4/c1-19-14(11(7-18-19)16(22)23)15(21)20-4-3-9-6-13(24-2)12(17)5-10(9)8-20/h5-7H,3-4,8H2,1-2H3,(H,22,23). The highest BCUT2D eigenvalue weighted by Gasteiger charge is 2.29. The SMILES string of the molecule is COc1cc2c(cc1F)CN(C(=O)c1c(C(=O)O)cnn1C)CC2. The fourth-order valence-corrected chi connectivity index (χ4v) is 2.88. The summed E-state index contributed by atoms with van der Waals surface area (Å²) in [5.74, 6) is -1.96. The zero-order valence-electron chi connectivity index (χ0n) is 13.2. The minimum atomic E-state index is -1.21. The topological polar surface area (TPSA) is 84.7 Å². The zero-order valence-corrected chi connectivity index (χ0v) is 13.2. The van der Waals surface area contributed by atoms with Crippen molar-refractivity contribution in [2.24, 2.45) is 7.05 Å². The van der Waals surface area contributed by atoms with Crippen LogP contribution in [0.2, 0.25) is 0 Å². The van der Waals surface area contributed by atoms with Gasteiger partial charge in [-0.05, 0) is 29.7 Å². The van der Waals surface area contributed by atoms with Crippen molar-refractivity contribution in [1.82, 2.24) is 14.7 Å². The van der Waals surface area contributed by atoms with Crippen LogP contribution in [0, 0.1) is 5.82 Å². The Morgan fingerprint density at radius 1 is 1.33 bits per heavy atom. The summed E-state index contributed by atoms with van der Waals surface area (Å²) >= 11 is 0. The molecule has 1 aliphatic heterocycles. The van der Waals surface area contributed by atoms with Crippen LogP contribution in [0.1, 0.15) is 32.0 Å². The second kappa shape index (κ2) is 5.95. The molecule has 0 fully saturated rings. The van der Waals surface area contributed by atoms with Crippen molar-refractivity contribution in [2.75, 3.05) is 13.7 Å². The van der Waals surface area contributed by atoms with Crippen molar-refractivity contribution in [3.05, 3.63) is 46.5 Å². The molecule has 0 radical (unpaired) electrons. The van der Waals surface area contributed by atoms with Crippen molar-refractivity contribution in [3.8, 4) is 5.75 Å². The van der Waals surface area contributed by atoms with Gasteiger partial charge in [0.2, 0.25) is 0 Å². The lowest BCUT2D eigenvalue weighted by Crippen LogP contribution is -2.37. The number of halogens is 1. The van der Waals surface area contributed by atoms with Crippen LogP contribution in [0.5, 0.6) is 5.75 Å². The Kier molecular flexibility index (Phi) is 3.96. The molecule has 1 aromatic carbocycles. The number of carbonyl (C=O) groups is 2. The van der Waals surface area contributed by atoms with Crippen LogP contribution in [0.3, 0.4) is 0 Å². The van der Waals surface area contributed by atoms with Crippen molar-refractivity contribution in [3.63, 3.8) is 0 Å². The number of nitrogens with zero attached hydrogens (tertiary/aromatic N) is 3. The van der Waals surface area contributed by atoms with Crippen LogP contribution in [-0.2, 0) is 20.0 Å². The molecule has 0 aliphatic carbocycles. The normalized spacial score (nSPS) is 13.5. The van der Waals surface area contributed by atoms with E-state index in [1.165, 1.54) is 29.8 Å². The number of carbonyl (C=O) groups excluding carboxylic acids is 1. The molecule has 0 atom stereocenters. The van der Waals surface area contributed by atoms with Gasteiger partial charge < -0.3 is 14.7 Å². The van der Waals surface area contributed by atoms with Crippen LogP contribution in [0.4, 0.5) is 4.39 Å². The van der Waals surface area contributed by atoms with E-state index in [1.807, 2.05) is 0 Å². The van der Waals surface area contributed by atoms with E-state index >= 15 is 0 Å². The zero-order chi connectivity index (χ0) is 17.4. The summed E-state index contributed by atoms with van der Waals surface area (Å²) in [7, 11) is 2.92. The molecule has 0 spiro atoms. The minimum Gasteiger partial charge on any atom is -0.494 e. The number of methoxy groups -OCH3 is 1. The third-order valence-electron chi connectivity index (χ3n) is 4.15. The van der Waals surface area contributed by atoms with E-state index in [0.717, 1.165) is 11.8 Å². The number of carboxylic acids is 1. The average molecular weight is 333 g/mol. The maximum Gasteiger partial charge on any atom is 0.339 e. The smallest absolute Gasteiger partial charge is 0.339 e. The Labute approximate surface area is 137 Å². The van der Waals surface area contributed by atoms with Crippen molar-refractivity contribution in [2.45, 2.75) is 13.0 Å². The van der Waals surface area contributed by atoms with Crippen LogP contribution < -0.4 is 4.74 Å². The average Bonchev–Trinajstić information content (AvgIpc) is 2.94. The molecular formula is C16H16FN3O4. The third-order valence-corrected chi connectivity index (χ3v) is 4.15. The second-order valence-electron chi connectivity index (χ2n) is 5.57. The van der Waals surface area contributed by atoms with Gasteiger partial charge >= 0.3 is 5.97 Å². The molecule has 0 saturated carbocycles. The molecule has 0 saturated heterocycles. The molecule has 8 heteroatoms. The Bertz CT molecular complexity index is 831. The van der Waals surface area contributed by atoms with E-state index < -0.39 is 17.7 Å². The Morgan fingerprint density at radius 2 is 2.08 bits per heavy atom. The molecule has 1 aromatic heterocycles. The number of aryl methyl sites for hydroxylation is 1. The lowest BCUT2D eigenvalue weighted by molar-refractivity contribution is 0.0665. The first-order chi connectivity index (χ1) is 11.4. The molecule has 7 nitrogen and oxygen atoms in total. The molecule has 1 amide bonds. The summed E-state index contributed by atoms with van der Waals surface area (Å²) in [5, 5.41) is 13.0. The highest BCUT2D eigenvalue weighted by Crippen LogP contribution is 2.27. The summed E-state index contributed by atoms with van der Waals surface area (Å²) in [6.45, 7) is 0.615. The lowest BCUT2D eigenvalue weighted by Gasteiger charge is -2.29. The Morgan fingerprint density at radius 3 is 2.75 bits per heavy atom. The second-order valence-corrected chi connectivity index (χ2v) is 5.57. The van der Waals surface area contributed by atoms with Crippen molar-refractivity contribution in [1.29, 1.82) is 0 Å². The summed E-state index contributed by atoms with van der Waals surface area (Å²) in [6.07, 6.45) is 1.69. The highest BCUT2D eigenvalue weighted by atomic mass is 19.1. The lowest BCUT2D eigenvalue weighted by atomic mass is 9.98. The monoisotopic (exact) mass is 333 g/mol. The number of fused-ring (bicyclic) bond motifs is 1. The number of aromatic nitrogens is 2. The van der Waals surface area contributed by atoms with Gasteiger partial charge in [0.25, 0.3) is 5.91 Å². The first kappa shape index (κ1) is 16.0. The Hall–Kier alpha value is -2.90. The van der Waals surface area contributed by atoms with Crippen LogP contribution >= 0.6 is 0 Å². The van der Waals surface area contributed by atoms with Crippen LogP contribution in [-0.4, -0.2) is 45.3 Å². The number of benzene rings is 1. The molecule has 126 valence electrons. The van der Waals surface area contributed by atoms with Crippen LogP contribution in [0.25, 0.3) is 0 Å². The molecule has 0 bridgehead atoms. The summed E-state index contributed by atoms with van der Waals surface area (Å²) in [5.41, 5.74) is 1.47. The predicted molar refractivity (Wildman–Crippen MR) is 81.6 cm³/mol. The van der Waals surface area contributed by atoms with Crippen molar-refractivity contribution < 1.29 is 23.8 Å². The first-order valence-corrected chi connectivity index (χ1v) is 7.32. The quantitative estimate of drug-likeness (QED) is 0.919. The molecular weight excluding hydrogens is 317 g/mol. The van der Waals surface area contributed by atoms with Gasteiger partial charge in [-0.3, -0.25) is 9.48 Å². The van der Waals surface area contributed by atoms with E-state index in [0.29, 0.717) is 18.5 Å². The maximum atomic E-state index is 13.9. The molecule has 2 heterocycles.